The zero-order chi connectivity index (χ0) is 20.8. The molecule has 0 radical (unpaired) electrons. The van der Waals surface area contributed by atoms with E-state index in [-0.39, 0.29) is 12.4 Å². The molecule has 2 N–H and O–H groups in total. The van der Waals surface area contributed by atoms with E-state index in [4.69, 9.17) is 9.47 Å². The molecule has 0 bridgehead atoms. The van der Waals surface area contributed by atoms with Crippen LogP contribution in [0.4, 0.5) is 0 Å². The second-order valence-electron chi connectivity index (χ2n) is 7.65. The lowest BCUT2D eigenvalue weighted by Gasteiger charge is -2.41. The molecule has 6 nitrogen and oxygen atoms in total. The Labute approximate surface area is 173 Å². The van der Waals surface area contributed by atoms with Gasteiger partial charge in [-0.15, -0.1) is 0 Å². The number of aryl methyl sites for hydroxylation is 1. The van der Waals surface area contributed by atoms with E-state index in [9.17, 15) is 10.2 Å². The molecular formula is C23H32N2O4. The lowest BCUT2D eigenvalue weighted by atomic mass is 10.0. The third kappa shape index (κ3) is 5.21. The minimum atomic E-state index is 0.0277. The molecule has 3 rings (SSSR count). The van der Waals surface area contributed by atoms with Gasteiger partial charge in [-0.2, -0.15) is 0 Å². The van der Waals surface area contributed by atoms with Crippen LogP contribution in [0.1, 0.15) is 23.1 Å². The maximum Gasteiger partial charge on any atom is 0.200 e. The molecular weight excluding hydrogens is 368 g/mol. The van der Waals surface area contributed by atoms with E-state index in [2.05, 4.69) is 41.0 Å². The predicted octanol–water partition coefficient (Wildman–Crippen LogP) is 2.79. The van der Waals surface area contributed by atoms with Crippen LogP contribution in [0, 0.1) is 6.92 Å². The van der Waals surface area contributed by atoms with E-state index in [1.807, 2.05) is 12.1 Å². The van der Waals surface area contributed by atoms with Crippen LogP contribution >= 0.6 is 0 Å². The zero-order valence-electron chi connectivity index (χ0n) is 17.6. The van der Waals surface area contributed by atoms with Crippen LogP contribution in [0.3, 0.4) is 0 Å². The second kappa shape index (κ2) is 9.96. The van der Waals surface area contributed by atoms with Gasteiger partial charge >= 0.3 is 0 Å². The Hall–Kier alpha value is -2.28. The first-order valence-electron chi connectivity index (χ1n) is 10.1. The molecule has 0 amide bonds. The summed E-state index contributed by atoms with van der Waals surface area (Å²) in [6.07, 6.45) is 0.755. The maximum absolute atomic E-state index is 10.1. The van der Waals surface area contributed by atoms with E-state index in [0.717, 1.165) is 44.7 Å². The Kier molecular flexibility index (Phi) is 7.36. The van der Waals surface area contributed by atoms with Crippen LogP contribution in [0.5, 0.6) is 17.2 Å². The number of rotatable bonds is 8. The fourth-order valence-corrected chi connectivity index (χ4v) is 4.04. The molecule has 1 heterocycles. The Morgan fingerprint density at radius 1 is 1.03 bits per heavy atom. The van der Waals surface area contributed by atoms with Gasteiger partial charge in [-0.3, -0.25) is 9.80 Å². The molecule has 6 heteroatoms. The average Bonchev–Trinajstić information content (AvgIpc) is 2.72. The highest BCUT2D eigenvalue weighted by atomic mass is 16.5. The summed E-state index contributed by atoms with van der Waals surface area (Å²) in [6.45, 7) is 6.77. The van der Waals surface area contributed by atoms with Crippen molar-refractivity contribution in [2.45, 2.75) is 32.5 Å². The Balaban J connectivity index is 1.70. The van der Waals surface area contributed by atoms with E-state index < -0.39 is 0 Å². The van der Waals surface area contributed by atoms with Gasteiger partial charge in [0.2, 0.25) is 5.75 Å². The van der Waals surface area contributed by atoms with Crippen molar-refractivity contribution < 1.29 is 19.7 Å². The molecule has 0 aliphatic carbocycles. The first-order valence-corrected chi connectivity index (χ1v) is 10.1. The highest BCUT2D eigenvalue weighted by Crippen LogP contribution is 2.37. The van der Waals surface area contributed by atoms with Crippen LogP contribution in [0.25, 0.3) is 0 Å². The summed E-state index contributed by atoms with van der Waals surface area (Å²) in [5, 5.41) is 19.7. The predicted molar refractivity (Wildman–Crippen MR) is 114 cm³/mol. The molecule has 29 heavy (non-hydrogen) atoms. The number of nitrogens with zero attached hydrogens (tertiary/aromatic N) is 2. The number of benzene rings is 2. The van der Waals surface area contributed by atoms with Crippen molar-refractivity contribution in [2.75, 3.05) is 40.5 Å². The van der Waals surface area contributed by atoms with Crippen molar-refractivity contribution in [1.29, 1.82) is 0 Å². The number of ether oxygens (including phenoxy) is 2. The summed E-state index contributed by atoms with van der Waals surface area (Å²) in [7, 11) is 3.08. The quantitative estimate of drug-likeness (QED) is 0.710. The molecule has 2 aromatic rings. The smallest absolute Gasteiger partial charge is 0.200 e. The highest BCUT2D eigenvalue weighted by molar-refractivity contribution is 5.52. The SMILES string of the molecule is COc1cc(CN2CCN(Cc3ccccc3C)C(CCO)C2)cc(OC)c1O. The van der Waals surface area contributed by atoms with Gasteiger partial charge in [-0.25, -0.2) is 0 Å². The van der Waals surface area contributed by atoms with Gasteiger partial charge in [-0.05, 0) is 42.2 Å². The summed E-state index contributed by atoms with van der Waals surface area (Å²) in [6, 6.07) is 12.5. The highest BCUT2D eigenvalue weighted by Gasteiger charge is 2.27. The molecule has 0 saturated carbocycles. The molecule has 1 fully saturated rings. The van der Waals surface area contributed by atoms with Gasteiger partial charge in [0.25, 0.3) is 0 Å². The van der Waals surface area contributed by atoms with Crippen molar-refractivity contribution in [2.24, 2.45) is 0 Å². The molecule has 1 saturated heterocycles. The largest absolute Gasteiger partial charge is 0.502 e. The lowest BCUT2D eigenvalue weighted by Crippen LogP contribution is -2.52. The summed E-state index contributed by atoms with van der Waals surface area (Å²) in [4.78, 5) is 4.87. The average molecular weight is 401 g/mol. The van der Waals surface area contributed by atoms with Gasteiger partial charge < -0.3 is 19.7 Å². The van der Waals surface area contributed by atoms with Crippen molar-refractivity contribution in [3.63, 3.8) is 0 Å². The van der Waals surface area contributed by atoms with Gasteiger partial charge in [0.15, 0.2) is 11.5 Å². The lowest BCUT2D eigenvalue weighted by molar-refractivity contribution is 0.0498. The van der Waals surface area contributed by atoms with Crippen molar-refractivity contribution in [3.8, 4) is 17.2 Å². The minimum Gasteiger partial charge on any atom is -0.502 e. The third-order valence-electron chi connectivity index (χ3n) is 5.73. The molecule has 0 spiro atoms. The monoisotopic (exact) mass is 400 g/mol. The standard InChI is InChI=1S/C23H32N2O4/c1-17-6-4-5-7-19(17)15-25-10-9-24(16-20(25)8-11-26)14-18-12-21(28-2)23(27)22(13-18)29-3/h4-7,12-13,20,26-27H,8-11,14-16H2,1-3H3. The van der Waals surface area contributed by atoms with E-state index in [1.54, 1.807) is 14.2 Å². The summed E-state index contributed by atoms with van der Waals surface area (Å²) in [5.74, 6) is 0.869. The number of methoxy groups -OCH3 is 2. The molecule has 1 unspecified atom stereocenters. The normalized spacial score (nSPS) is 18.0. The maximum atomic E-state index is 10.1. The fourth-order valence-electron chi connectivity index (χ4n) is 4.04. The van der Waals surface area contributed by atoms with Gasteiger partial charge in [-0.1, -0.05) is 24.3 Å². The molecule has 158 valence electrons. The number of phenols is 1. The number of aromatic hydroxyl groups is 1. The summed E-state index contributed by atoms with van der Waals surface area (Å²) >= 11 is 0. The molecule has 0 aromatic heterocycles. The number of hydrogen-bond donors (Lipinski definition) is 2. The molecule has 1 atom stereocenters. The first kappa shape index (κ1) is 21.4. The van der Waals surface area contributed by atoms with Gasteiger partial charge in [0.1, 0.15) is 0 Å². The molecule has 1 aliphatic heterocycles. The topological polar surface area (TPSA) is 65.4 Å². The van der Waals surface area contributed by atoms with E-state index >= 15 is 0 Å². The molecule has 2 aromatic carbocycles. The van der Waals surface area contributed by atoms with Crippen LogP contribution in [0.15, 0.2) is 36.4 Å². The third-order valence-corrected chi connectivity index (χ3v) is 5.73. The number of piperazine rings is 1. The van der Waals surface area contributed by atoms with E-state index in [0.29, 0.717) is 17.5 Å². The minimum absolute atomic E-state index is 0.0277. The Morgan fingerprint density at radius 3 is 2.34 bits per heavy atom. The van der Waals surface area contributed by atoms with E-state index in [1.165, 1.54) is 11.1 Å². The van der Waals surface area contributed by atoms with Gasteiger partial charge in [0.05, 0.1) is 14.2 Å². The molecule has 1 aliphatic rings. The Bertz CT molecular complexity index is 786. The van der Waals surface area contributed by atoms with Crippen molar-refractivity contribution in [1.82, 2.24) is 9.80 Å². The summed E-state index contributed by atoms with van der Waals surface area (Å²) in [5.41, 5.74) is 3.68. The van der Waals surface area contributed by atoms with Gasteiger partial charge in [0, 0.05) is 45.4 Å². The zero-order valence-corrected chi connectivity index (χ0v) is 17.6. The number of aliphatic hydroxyl groups excluding tert-OH is 1. The summed E-state index contributed by atoms with van der Waals surface area (Å²) < 4.78 is 10.6. The second-order valence-corrected chi connectivity index (χ2v) is 7.65. The number of aliphatic hydroxyl groups is 1. The van der Waals surface area contributed by atoms with Crippen molar-refractivity contribution in [3.05, 3.63) is 53.1 Å². The first-order chi connectivity index (χ1) is 14.0. The van der Waals surface area contributed by atoms with Crippen LogP contribution in [-0.2, 0) is 13.1 Å². The Morgan fingerprint density at radius 2 is 1.72 bits per heavy atom. The van der Waals surface area contributed by atoms with Crippen LogP contribution in [0.2, 0.25) is 0 Å². The number of hydrogen-bond acceptors (Lipinski definition) is 6. The van der Waals surface area contributed by atoms with Crippen LogP contribution < -0.4 is 9.47 Å². The van der Waals surface area contributed by atoms with Crippen molar-refractivity contribution >= 4 is 0 Å². The fraction of sp³-hybridized carbons (Fsp3) is 0.478. The van der Waals surface area contributed by atoms with Crippen LogP contribution in [-0.4, -0.2) is 66.5 Å². The number of phenolic OH excluding ortho intramolecular Hbond substituents is 1.